The first kappa shape index (κ1) is 19.4. The molecule has 0 rings (SSSR count). The molecule has 0 amide bonds. The molecule has 0 saturated carbocycles. The summed E-state index contributed by atoms with van der Waals surface area (Å²) in [5.41, 5.74) is 0. The van der Waals surface area contributed by atoms with Crippen LogP contribution in [0, 0.1) is 40.5 Å². The Morgan fingerprint density at radius 2 is 1.05 bits per heavy atom. The molecule has 0 aromatic rings. The predicted octanol–water partition coefficient (Wildman–Crippen LogP) is -0.281. The molecule has 0 N–H and O–H groups in total. The number of hydrogen-bond acceptors (Lipinski definition) is 10. The summed E-state index contributed by atoms with van der Waals surface area (Å²) in [5, 5.41) is 40.8. The number of rotatable bonds is 10. The van der Waals surface area contributed by atoms with E-state index in [-0.39, 0.29) is 0 Å². The number of ether oxygens (including phenoxy) is 2. The van der Waals surface area contributed by atoms with Crippen molar-refractivity contribution in [3.63, 3.8) is 0 Å². The lowest BCUT2D eigenvalue weighted by Gasteiger charge is -2.15. The van der Waals surface area contributed by atoms with Crippen LogP contribution in [-0.2, 0) is 9.47 Å². The van der Waals surface area contributed by atoms with Gasteiger partial charge in [0.1, 0.15) is 19.7 Å². The van der Waals surface area contributed by atoms with Gasteiger partial charge >= 0.3 is 11.8 Å². The van der Waals surface area contributed by atoms with Crippen molar-refractivity contribution in [2.45, 2.75) is 25.0 Å². The van der Waals surface area contributed by atoms with E-state index >= 15 is 0 Å². The zero-order valence-corrected chi connectivity index (χ0v) is 10.6. The van der Waals surface area contributed by atoms with Crippen LogP contribution < -0.4 is 0 Å². The number of nitrogens with zero attached hydrogens (tertiary/aromatic N) is 4. The summed E-state index contributed by atoms with van der Waals surface area (Å²) in [7, 11) is 0. The molecule has 0 atom stereocenters. The molecule has 0 aliphatic rings. The Bertz CT molecular complexity index is 416. The Kier molecular flexibility index (Phi) is 6.07. The first-order valence-corrected chi connectivity index (χ1v) is 5.07. The van der Waals surface area contributed by atoms with E-state index in [1.807, 2.05) is 0 Å². The van der Waals surface area contributed by atoms with Gasteiger partial charge in [0.2, 0.25) is 13.2 Å². The summed E-state index contributed by atoms with van der Waals surface area (Å²) < 4.78 is 34.9. The van der Waals surface area contributed by atoms with Crippen molar-refractivity contribution < 1.29 is 37.9 Å². The molecule has 0 fully saturated rings. The molecule has 22 heavy (non-hydrogen) atoms. The summed E-state index contributed by atoms with van der Waals surface area (Å²) >= 11 is 0. The minimum Gasteiger partial charge on any atom is -0.334 e. The second kappa shape index (κ2) is 6.89. The lowest BCUT2D eigenvalue weighted by atomic mass is 10.5. The molecule has 14 nitrogen and oxygen atoms in total. The van der Waals surface area contributed by atoms with Gasteiger partial charge in [-0.15, -0.1) is 0 Å². The molecule has 0 heterocycles. The van der Waals surface area contributed by atoms with E-state index in [0.717, 1.165) is 6.92 Å². The Balaban J connectivity index is 4.68. The van der Waals surface area contributed by atoms with E-state index in [1.165, 1.54) is 0 Å². The molecule has 0 aliphatic heterocycles. The molecule has 0 bridgehead atoms. The SMILES string of the molecule is CC(OCC(F)([N+](=O)[O-])[N+](=O)[O-])OCC(F)([N+](=O)[O-])[N+](=O)[O-]. The van der Waals surface area contributed by atoms with Gasteiger partial charge in [-0.3, -0.25) is 40.5 Å². The molecular formula is C6H8F2N4O10. The van der Waals surface area contributed by atoms with E-state index in [1.54, 1.807) is 0 Å². The fourth-order valence-corrected chi connectivity index (χ4v) is 0.839. The van der Waals surface area contributed by atoms with E-state index in [0.29, 0.717) is 0 Å². The fourth-order valence-electron chi connectivity index (χ4n) is 0.839. The Morgan fingerprint density at radius 3 is 1.23 bits per heavy atom. The maximum Gasteiger partial charge on any atom is 0.637 e. The molecule has 126 valence electrons. The van der Waals surface area contributed by atoms with E-state index in [2.05, 4.69) is 9.47 Å². The lowest BCUT2D eigenvalue weighted by molar-refractivity contribution is -0.836. The first-order valence-electron chi connectivity index (χ1n) is 5.07. The van der Waals surface area contributed by atoms with Crippen LogP contribution in [0.3, 0.4) is 0 Å². The highest BCUT2D eigenvalue weighted by molar-refractivity contribution is 4.53. The molecule has 0 aliphatic carbocycles. The van der Waals surface area contributed by atoms with Gasteiger partial charge in [-0.25, -0.2) is 0 Å². The van der Waals surface area contributed by atoms with Crippen molar-refractivity contribution in [1.29, 1.82) is 0 Å². The monoisotopic (exact) mass is 334 g/mol. The third-order valence-electron chi connectivity index (χ3n) is 2.12. The Hall–Kier alpha value is -2.62. The fraction of sp³-hybridized carbons (Fsp3) is 1.00. The van der Waals surface area contributed by atoms with Gasteiger partial charge in [0, 0.05) is 0 Å². The number of hydrogen-bond donors (Lipinski definition) is 0. The van der Waals surface area contributed by atoms with Gasteiger partial charge in [0.05, 0.1) is 0 Å². The van der Waals surface area contributed by atoms with Gasteiger partial charge in [-0.05, 0) is 6.92 Å². The zero-order chi connectivity index (χ0) is 17.7. The van der Waals surface area contributed by atoms with E-state index in [4.69, 9.17) is 0 Å². The van der Waals surface area contributed by atoms with Crippen LogP contribution in [0.2, 0.25) is 0 Å². The van der Waals surface area contributed by atoms with Crippen LogP contribution in [-0.4, -0.2) is 51.0 Å². The largest absolute Gasteiger partial charge is 0.637 e. The number of nitro groups is 4. The second-order valence-electron chi connectivity index (χ2n) is 3.66. The van der Waals surface area contributed by atoms with Gasteiger partial charge in [0.25, 0.3) is 0 Å². The zero-order valence-electron chi connectivity index (χ0n) is 10.6. The molecule has 0 saturated heterocycles. The molecule has 0 radical (unpaired) electrons. The maximum atomic E-state index is 13.3. The minimum absolute atomic E-state index is 0.806. The van der Waals surface area contributed by atoms with Crippen LogP contribution in [0.1, 0.15) is 6.92 Å². The highest BCUT2D eigenvalue weighted by Crippen LogP contribution is 2.17. The summed E-state index contributed by atoms with van der Waals surface area (Å²) in [4.78, 5) is 33.2. The predicted molar refractivity (Wildman–Crippen MR) is 57.0 cm³/mol. The highest BCUT2D eigenvalue weighted by Gasteiger charge is 2.60. The van der Waals surface area contributed by atoms with Gasteiger partial charge in [-0.2, -0.15) is 0 Å². The maximum absolute atomic E-state index is 13.3. The Labute approximate surface area is 118 Å². The summed E-state index contributed by atoms with van der Waals surface area (Å²) in [5.74, 6) is -8.45. The smallest absolute Gasteiger partial charge is 0.334 e. The van der Waals surface area contributed by atoms with E-state index < -0.39 is 51.0 Å². The van der Waals surface area contributed by atoms with Crippen molar-refractivity contribution >= 4 is 0 Å². The molecule has 0 aromatic carbocycles. The average Bonchev–Trinajstić information content (AvgIpc) is 2.40. The van der Waals surface area contributed by atoms with E-state index in [9.17, 15) is 49.2 Å². The first-order chi connectivity index (χ1) is 9.87. The molecule has 0 unspecified atom stereocenters. The van der Waals surface area contributed by atoms with Crippen molar-refractivity contribution in [1.82, 2.24) is 0 Å². The van der Waals surface area contributed by atoms with Crippen molar-refractivity contribution in [3.8, 4) is 0 Å². The standard InChI is InChI=1S/C6H8F2N4O10/c1-4(21-2-5(7,9(13)14)10(15)16)22-3-6(8,11(17)18)12(19)20/h4H,2-3H2,1H3. The Morgan fingerprint density at radius 1 is 0.818 bits per heavy atom. The quantitative estimate of drug-likeness (QED) is 0.222. The van der Waals surface area contributed by atoms with Crippen molar-refractivity contribution in [2.24, 2.45) is 0 Å². The second-order valence-corrected chi connectivity index (χ2v) is 3.66. The summed E-state index contributed by atoms with van der Waals surface area (Å²) in [6, 6.07) is 0. The van der Waals surface area contributed by atoms with Crippen LogP contribution in [0.25, 0.3) is 0 Å². The van der Waals surface area contributed by atoms with Crippen LogP contribution in [0.4, 0.5) is 8.78 Å². The van der Waals surface area contributed by atoms with Gasteiger partial charge < -0.3 is 9.47 Å². The lowest BCUT2D eigenvalue weighted by Crippen LogP contribution is -2.48. The minimum atomic E-state index is -4.23. The molecule has 0 aromatic heterocycles. The third kappa shape index (κ3) is 4.19. The summed E-state index contributed by atoms with van der Waals surface area (Å²) in [6.45, 7) is -2.74. The van der Waals surface area contributed by atoms with Crippen molar-refractivity contribution in [2.75, 3.05) is 13.2 Å². The highest BCUT2D eigenvalue weighted by atomic mass is 19.2. The molecule has 16 heteroatoms. The number of halogens is 2. The normalized spacial score (nSPS) is 12.2. The summed E-state index contributed by atoms with van der Waals surface area (Å²) in [6.07, 6.45) is -1.84. The van der Waals surface area contributed by atoms with Crippen LogP contribution in [0.15, 0.2) is 0 Å². The van der Waals surface area contributed by atoms with Crippen LogP contribution >= 0.6 is 0 Å². The molecular weight excluding hydrogens is 326 g/mol. The van der Waals surface area contributed by atoms with Crippen molar-refractivity contribution in [3.05, 3.63) is 40.5 Å². The van der Waals surface area contributed by atoms with Gasteiger partial charge in [0.15, 0.2) is 6.29 Å². The average molecular weight is 334 g/mol. The molecule has 0 spiro atoms. The number of alkyl halides is 2. The van der Waals surface area contributed by atoms with Crippen LogP contribution in [0.5, 0.6) is 0 Å². The van der Waals surface area contributed by atoms with Gasteiger partial charge in [-0.1, -0.05) is 8.78 Å². The third-order valence-corrected chi connectivity index (χ3v) is 2.12. The topological polar surface area (TPSA) is 191 Å².